The van der Waals surface area contributed by atoms with Crippen LogP contribution in [0.25, 0.3) is 16.6 Å². The minimum atomic E-state index is -0.814. The van der Waals surface area contributed by atoms with Crippen LogP contribution in [0.1, 0.15) is 36.5 Å². The molecule has 0 aliphatic carbocycles. The maximum absolute atomic E-state index is 15.6. The fraction of sp³-hybridized carbons (Fsp3) is 0.289. The Kier molecular flexibility index (Phi) is 9.97. The van der Waals surface area contributed by atoms with Crippen molar-refractivity contribution in [2.24, 2.45) is 0 Å². The van der Waals surface area contributed by atoms with E-state index in [1.54, 1.807) is 25.3 Å². The first-order chi connectivity index (χ1) is 24.9. The lowest BCUT2D eigenvalue weighted by Crippen LogP contribution is -2.29. The van der Waals surface area contributed by atoms with E-state index in [4.69, 9.17) is 23.7 Å². The van der Waals surface area contributed by atoms with Gasteiger partial charge in [0, 0.05) is 42.4 Å². The largest absolute Gasteiger partial charge is 0.493 e. The smallest absolute Gasteiger partial charge is 0.271 e. The Morgan fingerprint density at radius 3 is 2.45 bits per heavy atom. The molecule has 1 amide bonds. The minimum absolute atomic E-state index is 0.0496. The predicted octanol–water partition coefficient (Wildman–Crippen LogP) is 6.74. The van der Waals surface area contributed by atoms with Crippen molar-refractivity contribution in [2.45, 2.75) is 26.2 Å². The highest BCUT2D eigenvalue weighted by Crippen LogP contribution is 2.48. The zero-order valence-electron chi connectivity index (χ0n) is 28.0. The number of hydrogen-bond donors (Lipinski definition) is 1. The maximum atomic E-state index is 15.6. The monoisotopic (exact) mass is 698 g/mol. The summed E-state index contributed by atoms with van der Waals surface area (Å²) in [5.74, 6) is -0.488. The summed E-state index contributed by atoms with van der Waals surface area (Å²) in [6.45, 7) is 6.27. The first kappa shape index (κ1) is 33.8. The van der Waals surface area contributed by atoms with Crippen LogP contribution in [0.3, 0.4) is 0 Å². The molecule has 0 bridgehead atoms. The number of rotatable bonds is 12. The van der Waals surface area contributed by atoms with Crippen molar-refractivity contribution in [3.05, 3.63) is 101 Å². The van der Waals surface area contributed by atoms with Crippen molar-refractivity contribution in [1.82, 2.24) is 14.5 Å². The number of halogens is 2. The van der Waals surface area contributed by atoms with Crippen LogP contribution in [0.2, 0.25) is 0 Å². The normalized spacial score (nSPS) is 14.0. The van der Waals surface area contributed by atoms with Crippen LogP contribution in [0.15, 0.2) is 77.9 Å². The number of nitrogens with one attached hydrogen (secondary N) is 1. The summed E-state index contributed by atoms with van der Waals surface area (Å²) in [7, 11) is 0. The van der Waals surface area contributed by atoms with Crippen molar-refractivity contribution in [3.8, 4) is 40.2 Å². The van der Waals surface area contributed by atoms with Gasteiger partial charge in [-0.05, 0) is 87.8 Å². The summed E-state index contributed by atoms with van der Waals surface area (Å²) in [6.07, 6.45) is 6.32. The molecule has 7 rings (SSSR count). The van der Waals surface area contributed by atoms with Crippen molar-refractivity contribution < 1.29 is 37.3 Å². The molecule has 13 heteroatoms. The van der Waals surface area contributed by atoms with Crippen LogP contribution < -0.4 is 34.6 Å². The number of carbonyl (C=O) groups is 1. The number of nitrogens with zero attached hydrogens (tertiary/aromatic N) is 3. The quantitative estimate of drug-likeness (QED) is 0.142. The molecule has 264 valence electrons. The third-order valence-corrected chi connectivity index (χ3v) is 8.61. The molecule has 51 heavy (non-hydrogen) atoms. The summed E-state index contributed by atoms with van der Waals surface area (Å²) in [6, 6.07) is 14.0. The van der Waals surface area contributed by atoms with Crippen LogP contribution in [-0.2, 0) is 0 Å². The number of pyridine rings is 2. The molecule has 4 heterocycles. The highest BCUT2D eigenvalue weighted by atomic mass is 19.1. The van der Waals surface area contributed by atoms with Gasteiger partial charge in [-0.1, -0.05) is 0 Å². The second-order valence-corrected chi connectivity index (χ2v) is 12.0. The van der Waals surface area contributed by atoms with Crippen LogP contribution in [-0.4, -0.2) is 66.4 Å². The molecular formula is C38H36F2N4O7. The Hall–Kier alpha value is -5.69. The molecule has 0 spiro atoms. The number of amides is 1. The molecule has 2 aliphatic rings. The molecule has 0 radical (unpaired) electrons. The zero-order chi connectivity index (χ0) is 35.3. The molecule has 3 aromatic carbocycles. The van der Waals surface area contributed by atoms with E-state index in [1.165, 1.54) is 66.1 Å². The van der Waals surface area contributed by atoms with Gasteiger partial charge >= 0.3 is 0 Å². The van der Waals surface area contributed by atoms with Crippen LogP contribution in [0.4, 0.5) is 14.5 Å². The van der Waals surface area contributed by atoms with Gasteiger partial charge in [0.25, 0.3) is 11.5 Å². The highest BCUT2D eigenvalue weighted by molar-refractivity contribution is 6.06. The fourth-order valence-electron chi connectivity index (χ4n) is 6.23. The van der Waals surface area contributed by atoms with Gasteiger partial charge in [0.1, 0.15) is 36.1 Å². The number of fused-ring (bicyclic) bond motifs is 3. The zero-order valence-corrected chi connectivity index (χ0v) is 28.0. The molecule has 0 unspecified atom stereocenters. The maximum Gasteiger partial charge on any atom is 0.271 e. The van der Waals surface area contributed by atoms with Crippen LogP contribution in [0, 0.1) is 11.6 Å². The molecule has 0 saturated carbocycles. The average Bonchev–Trinajstić information content (AvgIpc) is 3.66. The molecule has 1 N–H and O–H groups in total. The SMILES string of the molecule is CCOc1ccn(-c2ccc(F)cc2)c(=O)c1C(=O)Nc1ccc(Oc2ccnc3cc(OCCCN4CCCC4)c4c(c23)OCCO4)c(F)c1. The van der Waals surface area contributed by atoms with E-state index in [-0.39, 0.29) is 35.1 Å². The lowest BCUT2D eigenvalue weighted by molar-refractivity contribution is 0.102. The summed E-state index contributed by atoms with van der Waals surface area (Å²) in [4.78, 5) is 33.8. The Morgan fingerprint density at radius 2 is 1.69 bits per heavy atom. The van der Waals surface area contributed by atoms with E-state index in [9.17, 15) is 14.0 Å². The van der Waals surface area contributed by atoms with Gasteiger partial charge in [-0.3, -0.25) is 19.1 Å². The summed E-state index contributed by atoms with van der Waals surface area (Å²) in [5.41, 5.74) is -0.0432. The number of benzene rings is 3. The minimum Gasteiger partial charge on any atom is -0.493 e. The van der Waals surface area contributed by atoms with E-state index in [1.807, 2.05) is 0 Å². The summed E-state index contributed by atoms with van der Waals surface area (Å²) in [5, 5.41) is 3.08. The first-order valence-electron chi connectivity index (χ1n) is 16.9. The second kappa shape index (κ2) is 15.1. The van der Waals surface area contributed by atoms with Crippen molar-refractivity contribution >= 4 is 22.5 Å². The fourth-order valence-corrected chi connectivity index (χ4v) is 6.23. The van der Waals surface area contributed by atoms with Gasteiger partial charge in [0.2, 0.25) is 5.75 Å². The van der Waals surface area contributed by atoms with Crippen LogP contribution >= 0.6 is 0 Å². The van der Waals surface area contributed by atoms with E-state index < -0.39 is 23.1 Å². The number of aromatic nitrogens is 2. The van der Waals surface area contributed by atoms with Gasteiger partial charge < -0.3 is 33.9 Å². The van der Waals surface area contributed by atoms with Crippen molar-refractivity contribution in [1.29, 1.82) is 0 Å². The highest BCUT2D eigenvalue weighted by Gasteiger charge is 2.26. The van der Waals surface area contributed by atoms with Crippen molar-refractivity contribution in [3.63, 3.8) is 0 Å². The van der Waals surface area contributed by atoms with E-state index in [2.05, 4.69) is 15.2 Å². The second-order valence-electron chi connectivity index (χ2n) is 12.0. The number of ether oxygens (including phenoxy) is 5. The summed E-state index contributed by atoms with van der Waals surface area (Å²) >= 11 is 0. The number of hydrogen-bond acceptors (Lipinski definition) is 9. The number of carbonyl (C=O) groups excluding carboxylic acids is 1. The van der Waals surface area contributed by atoms with Gasteiger partial charge in [-0.2, -0.15) is 0 Å². The standard InChI is InChI=1S/C38H36F2N4O7/c1-2-47-30-13-18-44(26-9-6-24(39)7-10-26)38(46)34(30)37(45)42-25-8-11-29(27(40)22-25)51-31-12-14-41-28-23-32(35-36(33(28)31)50-21-20-49-35)48-19-5-17-43-15-3-4-16-43/h6-14,18,22-23H,2-5,15-17,19-21H2,1H3,(H,42,45). The molecular weight excluding hydrogens is 662 g/mol. The van der Waals surface area contributed by atoms with Crippen LogP contribution in [0.5, 0.6) is 34.5 Å². The topological polar surface area (TPSA) is 113 Å². The molecule has 5 aromatic rings. The lowest BCUT2D eigenvalue weighted by atomic mass is 10.1. The van der Waals surface area contributed by atoms with E-state index in [0.717, 1.165) is 32.1 Å². The molecule has 11 nitrogen and oxygen atoms in total. The van der Waals surface area contributed by atoms with E-state index in [0.29, 0.717) is 53.7 Å². The number of likely N-dealkylation sites (tertiary alicyclic amines) is 1. The molecule has 2 aromatic heterocycles. The van der Waals surface area contributed by atoms with E-state index >= 15 is 4.39 Å². The molecule has 2 aliphatic heterocycles. The Bertz CT molecular complexity index is 2120. The third kappa shape index (κ3) is 7.29. The van der Waals surface area contributed by atoms with Gasteiger partial charge in [-0.15, -0.1) is 0 Å². The average molecular weight is 699 g/mol. The Balaban J connectivity index is 1.11. The summed E-state index contributed by atoms with van der Waals surface area (Å²) < 4.78 is 60.1. The van der Waals surface area contributed by atoms with Gasteiger partial charge in [0.15, 0.2) is 23.1 Å². The van der Waals surface area contributed by atoms with Gasteiger partial charge in [0.05, 0.1) is 24.1 Å². The Labute approximate surface area is 292 Å². The first-order valence-corrected chi connectivity index (χ1v) is 16.9. The molecule has 1 fully saturated rings. The Morgan fingerprint density at radius 1 is 0.902 bits per heavy atom. The number of anilines is 1. The van der Waals surface area contributed by atoms with Crippen molar-refractivity contribution in [2.75, 3.05) is 51.4 Å². The molecule has 1 saturated heterocycles. The third-order valence-electron chi connectivity index (χ3n) is 8.61. The van der Waals surface area contributed by atoms with Gasteiger partial charge in [-0.25, -0.2) is 8.78 Å². The predicted molar refractivity (Wildman–Crippen MR) is 186 cm³/mol. The lowest BCUT2D eigenvalue weighted by Gasteiger charge is -2.24. The molecule has 0 atom stereocenters.